The van der Waals surface area contributed by atoms with Gasteiger partial charge < -0.3 is 122 Å². The zero-order valence-electron chi connectivity index (χ0n) is 80.9. The van der Waals surface area contributed by atoms with E-state index >= 15 is 0 Å². The van der Waals surface area contributed by atoms with Gasteiger partial charge in [-0.2, -0.15) is 0 Å². The smallest absolute Gasteiger partial charge is 0.343 e. The third-order valence-corrected chi connectivity index (χ3v) is 22.0. The van der Waals surface area contributed by atoms with Crippen molar-refractivity contribution in [1.29, 1.82) is 0 Å². The molecule has 761 valence electrons. The third kappa shape index (κ3) is 32.7. The molecule has 0 amide bonds. The first-order chi connectivity index (χ1) is 68.6. The number of hydrogen-bond acceptors (Lipinski definition) is 31. The summed E-state index contributed by atoms with van der Waals surface area (Å²) in [6.45, 7) is 14.2. The van der Waals surface area contributed by atoms with Crippen molar-refractivity contribution in [3.63, 3.8) is 0 Å². The molecule has 5 N–H and O–H groups in total. The molecule has 0 aliphatic rings. The van der Waals surface area contributed by atoms with Crippen LogP contribution in [0.15, 0.2) is 214 Å². The molecule has 31 nitrogen and oxygen atoms in total. The van der Waals surface area contributed by atoms with Gasteiger partial charge in [0.25, 0.3) is 0 Å². The number of benzene rings is 7. The number of hydrogen-bond donors (Lipinski definition) is 5. The number of methoxy groups -OCH3 is 7. The number of para-hydroxylation sites is 7. The number of fused-ring (bicyclic) bond motifs is 7. The number of halogens is 1. The van der Waals surface area contributed by atoms with Gasteiger partial charge in [-0.1, -0.05) is 143 Å². The zero-order valence-corrected chi connectivity index (χ0v) is 90.6. The van der Waals surface area contributed by atoms with Crippen molar-refractivity contribution in [2.45, 2.75) is 78.6 Å². The number of aliphatic hydroxyl groups excluding tert-OH is 4. The zero-order chi connectivity index (χ0) is 102. The minimum Gasteiger partial charge on any atom is -0.504 e. The quantitative estimate of drug-likeness (QED) is 0.00780. The molecule has 1 radical (unpaired) electrons. The maximum absolute atomic E-state index is 11.5. The molecule has 142 heavy (non-hydrogen) atoms. The number of carbonyl (C=O) groups excluding carboxylic acids is 5. The van der Waals surface area contributed by atoms with Gasteiger partial charge in [0, 0.05) is 211 Å². The number of allylic oxidation sites excluding steroid dienone is 6. The number of phenolic OH excluding ortho intramolecular Hbond substituents is 1. The van der Waals surface area contributed by atoms with E-state index in [1.54, 1.807) is 74.9 Å². The van der Waals surface area contributed by atoms with E-state index in [0.717, 1.165) is 123 Å². The van der Waals surface area contributed by atoms with E-state index in [9.17, 15) is 34.2 Å². The van der Waals surface area contributed by atoms with Crippen LogP contribution >= 0.6 is 44.3 Å². The number of ether oxygens (including phenoxy) is 11. The molecule has 0 fully saturated rings. The molecule has 0 saturated heterocycles. The van der Waals surface area contributed by atoms with Crippen LogP contribution in [0, 0.1) is 44.1 Å². The molecule has 7 aromatic carbocycles. The number of esters is 5. The van der Waals surface area contributed by atoms with E-state index in [4.69, 9.17) is 93.0 Å². The van der Waals surface area contributed by atoms with Gasteiger partial charge >= 0.3 is 29.8 Å². The standard InChI is InChI=1S/C16H18BrO5P.C16H19O6P.C16H19O5P.C16H18O5.C15H16O4.C14H16O3.C13H14O3.Ac.3H2/c2*1-19-15(18)10-20-14-5-2-4-12-11(7-9-21-23)13(6-3-8-17)22-16(12)14;1-3-5-13-11(8-9-20-22)12-6-4-7-14(16(12)21-13)19-10-15(17)18-2;1-3-5-13-11(8-9-17)12-6-4-7-14(16(12)21-13)20-10-15(18)19-2;1-4-6-12-11(9-14(16)18-3)10-7-5-8-13(17-2)15(10)19-12;1-3-5-12-10(8-9-15)11-6-4-7-13(16-2)14(11)17-12;1-2-4-12-9(7-8-14)10-5-3-6-11(15)13(10)16-12;;;;/h2-6H,7-10,23H2,1H3;2-6,17H,7-10,23H2,1H3;3-7H,8-10,22H2,1-2H3;3-7,17H,8-10H2,1-2H3;4-5,7-8H,1,6,9H2,2-3H3;3-4,6-7,15H,1,5,8-9H2,2H3;2-6,14-15H,7-8H2,1H3;;3*1H/b2*6-3+;2*5-3+;;;4-2+;;;;/i;;;;;;;;3*1+2. The van der Waals surface area contributed by atoms with E-state index < -0.39 is 23.9 Å². The fourth-order valence-electron chi connectivity index (χ4n) is 14.6. The van der Waals surface area contributed by atoms with Crippen LogP contribution in [0.5, 0.6) is 40.2 Å². The Bertz CT molecular complexity index is 6480. The number of carbonyl (C=O) groups is 5. The second kappa shape index (κ2) is 63.4. The number of alkyl halides is 1. The minimum absolute atomic E-state index is 0. The summed E-state index contributed by atoms with van der Waals surface area (Å²) in [4.78, 5) is 56.4. The average Bonchev–Trinajstić information content (AvgIpc) is 1.62. The third-order valence-electron chi connectivity index (χ3n) is 20.9. The molecule has 14 aromatic rings. The van der Waals surface area contributed by atoms with Gasteiger partial charge in [0.2, 0.25) is 0 Å². The molecule has 7 heterocycles. The van der Waals surface area contributed by atoms with Crippen molar-refractivity contribution in [2.24, 2.45) is 0 Å². The molecular weight excluding hydrogens is 2170 g/mol. The van der Waals surface area contributed by atoms with Gasteiger partial charge in [-0.15, -0.1) is 13.2 Å². The Morgan fingerprint density at radius 1 is 0.352 bits per heavy atom. The predicted octanol–water partition coefficient (Wildman–Crippen LogP) is 21.0. The second-order valence-electron chi connectivity index (χ2n) is 29.7. The Morgan fingerprint density at radius 2 is 0.620 bits per heavy atom. The number of furan rings is 7. The van der Waals surface area contributed by atoms with Crippen molar-refractivity contribution >= 4 is 181 Å². The number of rotatable bonds is 42. The summed E-state index contributed by atoms with van der Waals surface area (Å²) in [7, 11) is 16.5. The topological polar surface area (TPSA) is 408 Å². The molecule has 3 unspecified atom stereocenters. The molecule has 14 rings (SSSR count). The molecule has 3 atom stereocenters. The first-order valence-corrected chi connectivity index (χ1v) is 47.0. The van der Waals surface area contributed by atoms with Gasteiger partial charge in [0.05, 0.1) is 82.6 Å². The fraction of sp³-hybridized carbons (Fsp3) is 0.292. The van der Waals surface area contributed by atoms with Crippen molar-refractivity contribution in [3.05, 3.63) is 262 Å². The van der Waals surface area contributed by atoms with Crippen molar-refractivity contribution < 1.29 is 194 Å². The Morgan fingerprint density at radius 3 is 0.915 bits per heavy atom. The molecule has 0 aliphatic heterocycles. The van der Waals surface area contributed by atoms with Crippen LogP contribution in [-0.4, -0.2) is 183 Å². The summed E-state index contributed by atoms with van der Waals surface area (Å²) in [5.41, 5.74) is 11.0. The molecule has 0 aliphatic carbocycles. The number of aromatic hydroxyl groups is 1. The predicted molar refractivity (Wildman–Crippen MR) is 562 cm³/mol. The minimum atomic E-state index is -0.467. The summed E-state index contributed by atoms with van der Waals surface area (Å²) < 4.78 is 111. The van der Waals surface area contributed by atoms with Crippen molar-refractivity contribution in [2.75, 3.05) is 128 Å². The van der Waals surface area contributed by atoms with Gasteiger partial charge in [0.1, 0.15) is 40.3 Å². The summed E-state index contributed by atoms with van der Waals surface area (Å²) in [6.07, 6.45) is 27.0. The van der Waals surface area contributed by atoms with Crippen LogP contribution in [0.1, 0.15) is 104 Å². The Labute approximate surface area is 878 Å². The fourth-order valence-corrected chi connectivity index (χ4v) is 15.1. The van der Waals surface area contributed by atoms with Gasteiger partial charge in [-0.25, -0.2) is 19.2 Å². The van der Waals surface area contributed by atoms with E-state index in [1.807, 2.05) is 160 Å². The SMILES string of the molecule is C/C=C/c1oc2c(O)cccc2c1CCO.C/C=C/c1oc2c(OCC(=O)OC)cccc2c1CCO.C/C=C/c1oc2c(OCC(=O)OC)cccc2c1CCOP.C=CCc1oc2c(OC)cccc2c1CC(=O)OC.C=CCc1oc2c(OC)cccc2c1CCO.COC(=O)COc1cccc2c(CCOP)c(/C=C/CBr)oc12.COC(=O)COc1cccc2c(CCOP)c(/C=C/CO)oc12.[3HH].[3HH].[3HH].[Ac]. The normalized spacial score (nSPS) is 11.0. The Balaban J connectivity index is 0.000000352. The molecule has 7 aromatic heterocycles. The van der Waals surface area contributed by atoms with Crippen LogP contribution in [0.3, 0.4) is 0 Å². The average molecular weight is 2300 g/mol. The van der Waals surface area contributed by atoms with Crippen LogP contribution in [0.2, 0.25) is 0 Å². The molecule has 36 heteroatoms. The summed E-state index contributed by atoms with van der Waals surface area (Å²) in [5, 5.41) is 53.1. The number of aliphatic hydroxyl groups is 4. The first-order valence-electron chi connectivity index (χ1n) is 44.4. The van der Waals surface area contributed by atoms with Crippen LogP contribution < -0.4 is 28.4 Å². The maximum atomic E-state index is 11.5. The van der Waals surface area contributed by atoms with E-state index in [2.05, 4.69) is 76.4 Å². The molecule has 0 spiro atoms. The van der Waals surface area contributed by atoms with Crippen molar-refractivity contribution in [1.82, 2.24) is 0 Å². The summed E-state index contributed by atoms with van der Waals surface area (Å²) in [5.74, 6) is 6.52. The Hall–Kier alpha value is -11.6. The first kappa shape index (κ1) is 117. The molecule has 0 saturated carbocycles. The largest absolute Gasteiger partial charge is 0.504 e. The van der Waals surface area contributed by atoms with Crippen LogP contribution in [0.25, 0.3) is 107 Å². The van der Waals surface area contributed by atoms with Crippen LogP contribution in [0.4, 0.5) is 0 Å². The van der Waals surface area contributed by atoms with Gasteiger partial charge in [0.15, 0.2) is 106 Å². The maximum Gasteiger partial charge on any atom is 0.343 e. The monoisotopic (exact) mass is 2300 g/mol. The molecular formula is C106H126AcBrO31P3. The van der Waals surface area contributed by atoms with Crippen molar-refractivity contribution in [3.8, 4) is 40.2 Å². The van der Waals surface area contributed by atoms with E-state index in [0.29, 0.717) is 144 Å². The van der Waals surface area contributed by atoms with E-state index in [1.165, 1.54) is 35.5 Å². The van der Waals surface area contributed by atoms with Gasteiger partial charge in [-0.3, -0.25) is 4.79 Å². The van der Waals surface area contributed by atoms with Crippen LogP contribution in [-0.2, 0) is 119 Å². The molecule has 0 bridgehead atoms. The van der Waals surface area contributed by atoms with E-state index in [-0.39, 0.29) is 119 Å². The summed E-state index contributed by atoms with van der Waals surface area (Å²) >= 11 is 3.36. The second-order valence-corrected chi connectivity index (χ2v) is 31.4. The Kier molecular flexibility index (Phi) is 52.4. The summed E-state index contributed by atoms with van der Waals surface area (Å²) in [6, 6.07) is 38.8. The van der Waals surface area contributed by atoms with Gasteiger partial charge in [-0.05, 0) is 113 Å². The number of phenols is 1.